The van der Waals surface area contributed by atoms with Crippen LogP contribution in [0.3, 0.4) is 0 Å². The molecule has 40 heavy (non-hydrogen) atoms. The van der Waals surface area contributed by atoms with Gasteiger partial charge in [-0.3, -0.25) is 19.3 Å². The number of carboxylic acid groups (broad SMARTS) is 1. The summed E-state index contributed by atoms with van der Waals surface area (Å²) in [5.74, 6) is 0.427. The van der Waals surface area contributed by atoms with Crippen molar-refractivity contribution in [3.8, 4) is 17.2 Å². The molecular weight excluding hydrogens is 512 g/mol. The summed E-state index contributed by atoms with van der Waals surface area (Å²) >= 11 is 0. The monoisotopic (exact) mass is 552 g/mol. The quantitative estimate of drug-likeness (QED) is 0.365. The van der Waals surface area contributed by atoms with Crippen LogP contribution in [-0.4, -0.2) is 72.6 Å². The number of ether oxygens (including phenoxy) is 3. The van der Waals surface area contributed by atoms with Crippen LogP contribution in [0.1, 0.15) is 62.1 Å². The number of carbonyl (C=O) groups is 2. The SMILES string of the molecule is CCCCN(OCCC)C(=O)CN1CC(c2ccc3c(c2)CCO3)C(C(=O)O)C1CCc1cccc2c1OCO2. The Kier molecular flexibility index (Phi) is 9.11. The summed E-state index contributed by atoms with van der Waals surface area (Å²) in [6.07, 6.45) is 4.60. The number of rotatable bonds is 13. The minimum absolute atomic E-state index is 0.110. The van der Waals surface area contributed by atoms with Crippen LogP contribution in [0, 0.1) is 5.92 Å². The van der Waals surface area contributed by atoms with Crippen LogP contribution >= 0.6 is 0 Å². The van der Waals surface area contributed by atoms with Crippen molar-refractivity contribution in [2.45, 2.75) is 64.3 Å². The molecule has 9 heteroatoms. The molecule has 1 amide bonds. The van der Waals surface area contributed by atoms with Gasteiger partial charge in [0.25, 0.3) is 5.91 Å². The average Bonchev–Trinajstić information content (AvgIpc) is 3.70. The fraction of sp³-hybridized carbons (Fsp3) is 0.548. The Bertz CT molecular complexity index is 1190. The molecule has 1 fully saturated rings. The van der Waals surface area contributed by atoms with Gasteiger partial charge in [-0.05, 0) is 54.5 Å². The van der Waals surface area contributed by atoms with Gasteiger partial charge in [-0.2, -0.15) is 0 Å². The molecule has 0 aromatic heterocycles. The fourth-order valence-electron chi connectivity index (χ4n) is 6.14. The molecule has 2 aromatic rings. The first-order valence-corrected chi connectivity index (χ1v) is 14.5. The summed E-state index contributed by atoms with van der Waals surface area (Å²) < 4.78 is 16.9. The van der Waals surface area contributed by atoms with Gasteiger partial charge in [0.1, 0.15) is 5.75 Å². The van der Waals surface area contributed by atoms with Gasteiger partial charge in [0.2, 0.25) is 6.79 Å². The number of para-hydroxylation sites is 1. The second kappa shape index (κ2) is 12.9. The van der Waals surface area contributed by atoms with Crippen molar-refractivity contribution in [3.05, 3.63) is 53.1 Å². The lowest BCUT2D eigenvalue weighted by molar-refractivity contribution is -0.188. The van der Waals surface area contributed by atoms with Crippen molar-refractivity contribution in [2.24, 2.45) is 5.92 Å². The number of unbranched alkanes of at least 4 members (excludes halogenated alkanes) is 1. The van der Waals surface area contributed by atoms with Gasteiger partial charge in [-0.1, -0.05) is 44.5 Å². The molecule has 5 rings (SSSR count). The van der Waals surface area contributed by atoms with Crippen molar-refractivity contribution < 1.29 is 33.7 Å². The summed E-state index contributed by atoms with van der Waals surface area (Å²) in [7, 11) is 0. The Morgan fingerprint density at radius 2 is 1.98 bits per heavy atom. The van der Waals surface area contributed by atoms with E-state index in [9.17, 15) is 14.7 Å². The van der Waals surface area contributed by atoms with Crippen molar-refractivity contribution >= 4 is 11.9 Å². The third-order valence-corrected chi connectivity index (χ3v) is 8.15. The molecule has 3 aliphatic heterocycles. The number of carbonyl (C=O) groups excluding carboxylic acids is 1. The third-order valence-electron chi connectivity index (χ3n) is 8.15. The lowest BCUT2D eigenvalue weighted by atomic mass is 9.83. The molecule has 0 radical (unpaired) electrons. The van der Waals surface area contributed by atoms with E-state index in [0.29, 0.717) is 44.9 Å². The Morgan fingerprint density at radius 3 is 2.77 bits per heavy atom. The van der Waals surface area contributed by atoms with Crippen molar-refractivity contribution in [2.75, 3.05) is 39.6 Å². The molecular formula is C31H40N2O7. The van der Waals surface area contributed by atoms with Gasteiger partial charge >= 0.3 is 5.97 Å². The number of amides is 1. The van der Waals surface area contributed by atoms with Crippen molar-refractivity contribution in [3.63, 3.8) is 0 Å². The zero-order chi connectivity index (χ0) is 28.1. The first-order valence-electron chi connectivity index (χ1n) is 14.5. The van der Waals surface area contributed by atoms with E-state index in [1.54, 1.807) is 0 Å². The highest BCUT2D eigenvalue weighted by Crippen LogP contribution is 2.42. The van der Waals surface area contributed by atoms with Crippen LogP contribution in [0.15, 0.2) is 36.4 Å². The third kappa shape index (κ3) is 6.05. The Morgan fingerprint density at radius 1 is 1.10 bits per heavy atom. The maximum atomic E-state index is 13.5. The molecule has 9 nitrogen and oxygen atoms in total. The number of hydrogen-bond acceptors (Lipinski definition) is 7. The molecule has 2 aromatic carbocycles. The number of hydrogen-bond donors (Lipinski definition) is 1. The molecule has 0 spiro atoms. The number of carboxylic acids is 1. The molecule has 0 bridgehead atoms. The van der Waals surface area contributed by atoms with Gasteiger partial charge in [-0.15, -0.1) is 0 Å². The summed E-state index contributed by atoms with van der Waals surface area (Å²) in [5, 5.41) is 12.0. The molecule has 1 N–H and O–H groups in total. The van der Waals surface area contributed by atoms with Crippen LogP contribution in [0.2, 0.25) is 0 Å². The second-order valence-corrected chi connectivity index (χ2v) is 10.8. The van der Waals surface area contributed by atoms with Gasteiger partial charge in [0.15, 0.2) is 11.5 Å². The standard InChI is InChI=1S/C31H40N2O7/c1-3-5-14-33(40-15-4-2)28(34)19-32-18-24(22-10-12-26-23(17-22)13-16-37-26)29(31(35)36)25(32)11-9-21-7-6-8-27-30(21)39-20-38-27/h6-8,10,12,17,24-25,29H,3-5,9,11,13-16,18-20H2,1-2H3,(H,35,36). The maximum Gasteiger partial charge on any atom is 0.308 e. The predicted molar refractivity (Wildman–Crippen MR) is 149 cm³/mol. The summed E-state index contributed by atoms with van der Waals surface area (Å²) in [6.45, 7) is 6.51. The summed E-state index contributed by atoms with van der Waals surface area (Å²) in [4.78, 5) is 34.2. The molecule has 0 saturated carbocycles. The van der Waals surface area contributed by atoms with Gasteiger partial charge in [-0.25, -0.2) is 5.06 Å². The molecule has 3 heterocycles. The first kappa shape index (κ1) is 28.2. The minimum Gasteiger partial charge on any atom is -0.493 e. The first-order chi connectivity index (χ1) is 19.5. The van der Waals surface area contributed by atoms with E-state index < -0.39 is 11.9 Å². The molecule has 216 valence electrons. The summed E-state index contributed by atoms with van der Waals surface area (Å²) in [5.41, 5.74) is 3.09. The topological polar surface area (TPSA) is 97.8 Å². The normalized spacial score (nSPS) is 21.3. The molecule has 1 saturated heterocycles. The molecule has 3 unspecified atom stereocenters. The lowest BCUT2D eigenvalue weighted by Gasteiger charge is -2.29. The number of aryl methyl sites for hydroxylation is 1. The van der Waals surface area contributed by atoms with Gasteiger partial charge < -0.3 is 19.3 Å². The average molecular weight is 553 g/mol. The summed E-state index contributed by atoms with van der Waals surface area (Å²) in [6, 6.07) is 11.5. The predicted octanol–water partition coefficient (Wildman–Crippen LogP) is 4.42. The number of hydroxylamine groups is 2. The van der Waals surface area contributed by atoms with Crippen molar-refractivity contribution in [1.29, 1.82) is 0 Å². The van der Waals surface area contributed by atoms with Crippen LogP contribution in [0.4, 0.5) is 0 Å². The number of aliphatic carboxylic acids is 1. The van der Waals surface area contributed by atoms with E-state index in [0.717, 1.165) is 53.9 Å². The zero-order valence-corrected chi connectivity index (χ0v) is 23.5. The van der Waals surface area contributed by atoms with Crippen LogP contribution in [0.25, 0.3) is 0 Å². The van der Waals surface area contributed by atoms with E-state index in [4.69, 9.17) is 19.0 Å². The van der Waals surface area contributed by atoms with Crippen molar-refractivity contribution in [1.82, 2.24) is 9.96 Å². The largest absolute Gasteiger partial charge is 0.493 e. The Balaban J connectivity index is 1.41. The molecule has 0 aliphatic carbocycles. The highest BCUT2D eigenvalue weighted by molar-refractivity contribution is 5.78. The highest BCUT2D eigenvalue weighted by Gasteiger charge is 2.47. The maximum absolute atomic E-state index is 13.5. The minimum atomic E-state index is -0.843. The van der Waals surface area contributed by atoms with E-state index in [-0.39, 0.29) is 31.2 Å². The van der Waals surface area contributed by atoms with Gasteiger partial charge in [0.05, 0.1) is 25.7 Å². The lowest BCUT2D eigenvalue weighted by Crippen LogP contribution is -2.44. The fourth-order valence-corrected chi connectivity index (χ4v) is 6.14. The van der Waals surface area contributed by atoms with Crippen LogP contribution in [0.5, 0.6) is 17.2 Å². The van der Waals surface area contributed by atoms with Crippen LogP contribution < -0.4 is 14.2 Å². The van der Waals surface area contributed by atoms with E-state index >= 15 is 0 Å². The van der Waals surface area contributed by atoms with E-state index in [1.807, 2.05) is 37.3 Å². The smallest absolute Gasteiger partial charge is 0.308 e. The number of likely N-dealkylation sites (tertiary alicyclic amines) is 1. The highest BCUT2D eigenvalue weighted by atomic mass is 16.7. The zero-order valence-electron chi connectivity index (χ0n) is 23.5. The van der Waals surface area contributed by atoms with Crippen LogP contribution in [-0.2, 0) is 27.3 Å². The Hall–Kier alpha value is -3.30. The Labute approximate surface area is 235 Å². The van der Waals surface area contributed by atoms with E-state index in [2.05, 4.69) is 17.9 Å². The number of nitrogens with zero attached hydrogens (tertiary/aromatic N) is 2. The van der Waals surface area contributed by atoms with E-state index in [1.165, 1.54) is 5.06 Å². The number of fused-ring (bicyclic) bond motifs is 2. The number of benzene rings is 2. The van der Waals surface area contributed by atoms with Gasteiger partial charge in [0, 0.05) is 31.5 Å². The molecule has 3 atom stereocenters. The second-order valence-electron chi connectivity index (χ2n) is 10.8. The molecule has 3 aliphatic rings.